The molecule has 0 aliphatic carbocycles. The predicted octanol–water partition coefficient (Wildman–Crippen LogP) is 2.49. The molecule has 2 aliphatic rings. The summed E-state index contributed by atoms with van der Waals surface area (Å²) in [5, 5.41) is 38.8. The molecule has 4 atom stereocenters. The summed E-state index contributed by atoms with van der Waals surface area (Å²) in [6.07, 6.45) is -1.10. The van der Waals surface area contributed by atoms with E-state index in [0.29, 0.717) is 35.1 Å². The maximum absolute atomic E-state index is 13.7. The highest BCUT2D eigenvalue weighted by atomic mass is 35.5. The molecule has 1 unspecified atom stereocenters. The van der Waals surface area contributed by atoms with Gasteiger partial charge in [0, 0.05) is 35.8 Å². The molecule has 2 aromatic rings. The molecule has 1 spiro atoms. The second-order valence-corrected chi connectivity index (χ2v) is 11.4. The topological polar surface area (TPSA) is 104 Å². The van der Waals surface area contributed by atoms with Crippen molar-refractivity contribution in [2.75, 3.05) is 13.2 Å². The average Bonchev–Trinajstić information content (AvgIpc) is 3.33. The van der Waals surface area contributed by atoms with Crippen molar-refractivity contribution < 1.29 is 28.8 Å². The van der Waals surface area contributed by atoms with Crippen LogP contribution in [0.2, 0.25) is 4.34 Å². The summed E-state index contributed by atoms with van der Waals surface area (Å²) in [6, 6.07) is 1.48. The van der Waals surface area contributed by atoms with Crippen LogP contribution in [0.1, 0.15) is 49.7 Å². The summed E-state index contributed by atoms with van der Waals surface area (Å²) in [7, 11) is 0. The molecular formula is C21H29ClF2N4O4S. The zero-order valence-corrected chi connectivity index (χ0v) is 20.3. The first-order valence-electron chi connectivity index (χ1n) is 10.8. The van der Waals surface area contributed by atoms with Crippen molar-refractivity contribution in [3.63, 3.8) is 0 Å². The molecule has 2 aromatic heterocycles. The van der Waals surface area contributed by atoms with E-state index in [1.54, 1.807) is 6.20 Å². The first-order chi connectivity index (χ1) is 15.3. The Hall–Kier alpha value is -1.21. The maximum Gasteiger partial charge on any atom is 0.273 e. The molecule has 0 radical (unpaired) electrons. The summed E-state index contributed by atoms with van der Waals surface area (Å²) in [5.74, 6) is 0. The molecule has 0 bridgehead atoms. The number of thiophene rings is 1. The lowest BCUT2D eigenvalue weighted by atomic mass is 9.78. The quantitative estimate of drug-likeness (QED) is 0.553. The van der Waals surface area contributed by atoms with Crippen LogP contribution in [0.3, 0.4) is 0 Å². The minimum Gasteiger partial charge on any atom is -0.388 e. The van der Waals surface area contributed by atoms with E-state index >= 15 is 0 Å². The van der Waals surface area contributed by atoms with Crippen molar-refractivity contribution in [2.24, 2.45) is 0 Å². The van der Waals surface area contributed by atoms with Crippen LogP contribution >= 0.6 is 22.9 Å². The fourth-order valence-electron chi connectivity index (χ4n) is 4.53. The summed E-state index contributed by atoms with van der Waals surface area (Å²) in [6.45, 7) is 5.89. The van der Waals surface area contributed by atoms with Gasteiger partial charge in [-0.2, -0.15) is 0 Å². The molecule has 3 N–H and O–H groups in total. The number of ether oxygens (including phenoxy) is 1. The average molecular weight is 507 g/mol. The van der Waals surface area contributed by atoms with Crippen LogP contribution < -0.4 is 0 Å². The number of nitrogens with zero attached hydrogens (tertiary/aromatic N) is 4. The van der Waals surface area contributed by atoms with Crippen molar-refractivity contribution in [1.29, 1.82) is 0 Å². The summed E-state index contributed by atoms with van der Waals surface area (Å²) in [4.78, 5) is 2.79. The second-order valence-electron chi connectivity index (χ2n) is 9.68. The molecular weight excluding hydrogens is 478 g/mol. The third kappa shape index (κ3) is 4.69. The van der Waals surface area contributed by atoms with E-state index in [1.807, 2.05) is 6.92 Å². The van der Waals surface area contributed by atoms with E-state index in [9.17, 15) is 24.1 Å². The molecule has 0 amide bonds. The monoisotopic (exact) mass is 506 g/mol. The number of hydrogen-bond acceptors (Lipinski definition) is 8. The summed E-state index contributed by atoms with van der Waals surface area (Å²) >= 11 is 7.36. The maximum atomic E-state index is 13.7. The van der Waals surface area contributed by atoms with Gasteiger partial charge >= 0.3 is 0 Å². The Morgan fingerprint density at radius 2 is 2.15 bits per heavy atom. The van der Waals surface area contributed by atoms with Gasteiger partial charge in [-0.3, -0.25) is 4.90 Å². The summed E-state index contributed by atoms with van der Waals surface area (Å²) in [5.41, 5.74) is -3.47. The van der Waals surface area contributed by atoms with E-state index in [4.69, 9.17) is 16.3 Å². The van der Waals surface area contributed by atoms with E-state index in [2.05, 4.69) is 15.2 Å². The Bertz CT molecular complexity index is 999. The number of hydrogen-bond donors (Lipinski definition) is 3. The third-order valence-corrected chi connectivity index (χ3v) is 8.14. The lowest BCUT2D eigenvalue weighted by Crippen LogP contribution is -2.54. The first-order valence-corrected chi connectivity index (χ1v) is 12.0. The van der Waals surface area contributed by atoms with Crippen molar-refractivity contribution in [1.82, 2.24) is 19.9 Å². The molecule has 33 heavy (non-hydrogen) atoms. The van der Waals surface area contributed by atoms with Gasteiger partial charge in [0.2, 0.25) is 0 Å². The van der Waals surface area contributed by atoms with E-state index in [-0.39, 0.29) is 18.2 Å². The van der Waals surface area contributed by atoms with E-state index in [0.717, 1.165) is 5.69 Å². The van der Waals surface area contributed by atoms with E-state index in [1.165, 1.54) is 35.9 Å². The van der Waals surface area contributed by atoms with Crippen molar-refractivity contribution in [3.05, 3.63) is 32.7 Å². The molecule has 1 fully saturated rings. The molecule has 12 heteroatoms. The van der Waals surface area contributed by atoms with Crippen LogP contribution in [0.4, 0.5) is 8.78 Å². The van der Waals surface area contributed by atoms with Crippen LogP contribution in [0, 0.1) is 0 Å². The van der Waals surface area contributed by atoms with Gasteiger partial charge in [0.05, 0.1) is 28.8 Å². The minimum atomic E-state index is -2.98. The normalized spacial score (nSPS) is 29.6. The van der Waals surface area contributed by atoms with Gasteiger partial charge in [0.1, 0.15) is 11.7 Å². The first kappa shape index (κ1) is 24.9. The number of likely N-dealkylation sites (tertiary alicyclic amines) is 1. The standard InChI is InChI=1S/C21H29ClF2N4O4S/c1-12-7-20(17-14(6-16(22)33-17)21(31,11-32-20)18(23)24)4-5-27(12)8-13-9-28(26-25-13)10-15(29)19(2,3)30/h6,9,12,15,18,29-31H,4-5,7-8,10-11H2,1-3H3/t12-,15?,20+,21-/m0/s1. The zero-order valence-electron chi connectivity index (χ0n) is 18.7. The number of aromatic nitrogens is 3. The van der Waals surface area contributed by atoms with Gasteiger partial charge in [-0.15, -0.1) is 16.4 Å². The van der Waals surface area contributed by atoms with Crippen LogP contribution in [0.15, 0.2) is 12.3 Å². The van der Waals surface area contributed by atoms with Crippen LogP contribution in [-0.2, 0) is 29.0 Å². The Morgan fingerprint density at radius 1 is 1.42 bits per heavy atom. The zero-order chi connectivity index (χ0) is 24.2. The van der Waals surface area contributed by atoms with Gasteiger partial charge in [-0.25, -0.2) is 13.5 Å². The SMILES string of the molecule is C[C@H]1C[C@@]2(CCN1Cc1cn(CC(O)C(C)(C)O)nn1)OC[C@@](O)(C(F)F)c1cc(Cl)sc12. The molecule has 4 heterocycles. The fourth-order valence-corrected chi connectivity index (χ4v) is 6.02. The van der Waals surface area contributed by atoms with Gasteiger partial charge in [-0.1, -0.05) is 16.8 Å². The Kier molecular flexibility index (Phi) is 6.62. The van der Waals surface area contributed by atoms with Gasteiger partial charge in [-0.05, 0) is 39.7 Å². The fraction of sp³-hybridized carbons (Fsp3) is 0.714. The molecule has 184 valence electrons. The highest BCUT2D eigenvalue weighted by Gasteiger charge is 2.54. The summed E-state index contributed by atoms with van der Waals surface area (Å²) < 4.78 is 35.1. The Balaban J connectivity index is 1.46. The van der Waals surface area contributed by atoms with Gasteiger partial charge < -0.3 is 20.1 Å². The largest absolute Gasteiger partial charge is 0.388 e. The number of alkyl halides is 2. The van der Waals surface area contributed by atoms with E-state index < -0.39 is 35.9 Å². The number of fused-ring (bicyclic) bond motifs is 2. The number of rotatable bonds is 6. The lowest BCUT2D eigenvalue weighted by Gasteiger charge is -2.49. The van der Waals surface area contributed by atoms with Crippen LogP contribution in [-0.4, -0.2) is 72.5 Å². The third-order valence-electron chi connectivity index (χ3n) is 6.69. The Morgan fingerprint density at radius 3 is 2.79 bits per heavy atom. The lowest BCUT2D eigenvalue weighted by molar-refractivity contribution is -0.210. The van der Waals surface area contributed by atoms with Gasteiger partial charge in [0.25, 0.3) is 6.43 Å². The second kappa shape index (κ2) is 8.78. The number of halogens is 3. The molecule has 8 nitrogen and oxygen atoms in total. The smallest absolute Gasteiger partial charge is 0.273 e. The number of piperidine rings is 1. The molecule has 0 aromatic carbocycles. The predicted molar refractivity (Wildman–Crippen MR) is 118 cm³/mol. The number of aliphatic hydroxyl groups excluding tert-OH is 1. The highest BCUT2D eigenvalue weighted by molar-refractivity contribution is 7.16. The van der Waals surface area contributed by atoms with Crippen molar-refractivity contribution >= 4 is 22.9 Å². The molecule has 2 aliphatic heterocycles. The highest BCUT2D eigenvalue weighted by Crippen LogP contribution is 2.53. The molecule has 0 saturated carbocycles. The van der Waals surface area contributed by atoms with Crippen molar-refractivity contribution in [2.45, 2.75) is 82.1 Å². The molecule has 4 rings (SSSR count). The Labute approximate surface area is 199 Å². The van der Waals surface area contributed by atoms with Crippen molar-refractivity contribution in [3.8, 4) is 0 Å². The minimum absolute atomic E-state index is 0.0392. The number of aliphatic hydroxyl groups is 3. The van der Waals surface area contributed by atoms with Gasteiger partial charge in [0.15, 0.2) is 5.60 Å². The molecule has 1 saturated heterocycles. The van der Waals surface area contributed by atoms with Crippen LogP contribution in [0.5, 0.6) is 0 Å². The van der Waals surface area contributed by atoms with Crippen LogP contribution in [0.25, 0.3) is 0 Å².